The SMILES string of the molecule is Cc1nc(N)sc1C.Cc1nc(NC(=O)Oc2ccccc2)sc1C. The molecule has 0 atom stereocenters. The minimum atomic E-state index is -0.523. The highest BCUT2D eigenvalue weighted by molar-refractivity contribution is 7.16. The van der Waals surface area contributed by atoms with Gasteiger partial charge in [0.05, 0.1) is 11.4 Å². The number of hydrogen-bond donors (Lipinski definition) is 2. The molecule has 0 aliphatic heterocycles. The van der Waals surface area contributed by atoms with Gasteiger partial charge in [0, 0.05) is 9.75 Å². The normalized spacial score (nSPS) is 9.92. The summed E-state index contributed by atoms with van der Waals surface area (Å²) in [4.78, 5) is 22.0. The Balaban J connectivity index is 0.000000236. The highest BCUT2D eigenvalue weighted by atomic mass is 32.1. The average molecular weight is 377 g/mol. The van der Waals surface area contributed by atoms with Gasteiger partial charge in [0.25, 0.3) is 0 Å². The Morgan fingerprint density at radius 3 is 2.04 bits per heavy atom. The van der Waals surface area contributed by atoms with Crippen molar-refractivity contribution in [1.29, 1.82) is 0 Å². The summed E-state index contributed by atoms with van der Waals surface area (Å²) in [5.41, 5.74) is 7.36. The number of thiazole rings is 2. The van der Waals surface area contributed by atoms with E-state index >= 15 is 0 Å². The number of nitrogen functional groups attached to an aromatic ring is 1. The zero-order chi connectivity index (χ0) is 18.4. The molecule has 1 aromatic carbocycles. The Morgan fingerprint density at radius 2 is 1.60 bits per heavy atom. The quantitative estimate of drug-likeness (QED) is 0.676. The van der Waals surface area contributed by atoms with Gasteiger partial charge in [0.1, 0.15) is 5.75 Å². The Kier molecular flexibility index (Phi) is 6.49. The third-order valence-electron chi connectivity index (χ3n) is 3.24. The summed E-state index contributed by atoms with van der Waals surface area (Å²) in [5, 5.41) is 3.82. The van der Waals surface area contributed by atoms with Gasteiger partial charge in [-0.1, -0.05) is 18.2 Å². The van der Waals surface area contributed by atoms with E-state index in [9.17, 15) is 4.79 Å². The Labute approximate surface area is 154 Å². The van der Waals surface area contributed by atoms with E-state index < -0.39 is 6.09 Å². The summed E-state index contributed by atoms with van der Waals surface area (Å²) >= 11 is 2.97. The number of nitrogens with one attached hydrogen (secondary N) is 1. The molecule has 2 aromatic heterocycles. The van der Waals surface area contributed by atoms with Gasteiger partial charge in [-0.15, -0.1) is 22.7 Å². The summed E-state index contributed by atoms with van der Waals surface area (Å²) in [6.07, 6.45) is -0.523. The van der Waals surface area contributed by atoms with Crippen molar-refractivity contribution in [2.45, 2.75) is 27.7 Å². The van der Waals surface area contributed by atoms with Crippen LogP contribution in [0.15, 0.2) is 30.3 Å². The van der Waals surface area contributed by atoms with Gasteiger partial charge in [0.15, 0.2) is 10.3 Å². The predicted octanol–water partition coefficient (Wildman–Crippen LogP) is 4.71. The van der Waals surface area contributed by atoms with Crippen molar-refractivity contribution in [2.24, 2.45) is 0 Å². The number of para-hydroxylation sites is 1. The first-order valence-corrected chi connectivity index (χ1v) is 9.16. The van der Waals surface area contributed by atoms with Crippen LogP contribution in [0.4, 0.5) is 15.1 Å². The van der Waals surface area contributed by atoms with Crippen LogP contribution in [-0.4, -0.2) is 16.1 Å². The lowest BCUT2D eigenvalue weighted by molar-refractivity contribution is 0.215. The van der Waals surface area contributed by atoms with Gasteiger partial charge >= 0.3 is 6.09 Å². The lowest BCUT2D eigenvalue weighted by Crippen LogP contribution is -2.16. The highest BCUT2D eigenvalue weighted by Crippen LogP contribution is 2.21. The van der Waals surface area contributed by atoms with E-state index in [1.807, 2.05) is 33.8 Å². The number of rotatable bonds is 2. The van der Waals surface area contributed by atoms with Crippen molar-refractivity contribution >= 4 is 39.0 Å². The largest absolute Gasteiger partial charge is 0.418 e. The van der Waals surface area contributed by atoms with Gasteiger partial charge in [-0.2, -0.15) is 0 Å². The molecular weight excluding hydrogens is 356 g/mol. The van der Waals surface area contributed by atoms with Crippen LogP contribution in [0.5, 0.6) is 5.75 Å². The molecule has 3 N–H and O–H groups in total. The van der Waals surface area contributed by atoms with Crippen LogP contribution < -0.4 is 15.8 Å². The molecule has 0 spiro atoms. The third-order valence-corrected chi connectivity index (χ3v) is 5.13. The molecule has 0 aliphatic carbocycles. The van der Waals surface area contributed by atoms with Crippen LogP contribution in [0.25, 0.3) is 0 Å². The summed E-state index contributed by atoms with van der Waals surface area (Å²) in [7, 11) is 0. The number of aryl methyl sites for hydroxylation is 4. The molecule has 0 saturated heterocycles. The van der Waals surface area contributed by atoms with Crippen LogP contribution in [-0.2, 0) is 0 Å². The molecule has 3 rings (SSSR count). The maximum atomic E-state index is 11.5. The Hall–Kier alpha value is -2.45. The molecule has 2 heterocycles. The Bertz CT molecular complexity index is 805. The van der Waals surface area contributed by atoms with Crippen LogP contribution in [0.2, 0.25) is 0 Å². The number of aromatic nitrogens is 2. The van der Waals surface area contributed by atoms with Gasteiger partial charge in [-0.05, 0) is 39.8 Å². The van der Waals surface area contributed by atoms with Gasteiger partial charge < -0.3 is 10.5 Å². The monoisotopic (exact) mass is 376 g/mol. The van der Waals surface area contributed by atoms with Crippen molar-refractivity contribution in [3.63, 3.8) is 0 Å². The van der Waals surface area contributed by atoms with E-state index in [2.05, 4.69) is 15.3 Å². The maximum Gasteiger partial charge on any atom is 0.418 e. The first kappa shape index (κ1) is 18.9. The molecule has 25 heavy (non-hydrogen) atoms. The van der Waals surface area contributed by atoms with Crippen LogP contribution in [0.1, 0.15) is 21.1 Å². The van der Waals surface area contributed by atoms with Crippen molar-refractivity contribution < 1.29 is 9.53 Å². The zero-order valence-corrected chi connectivity index (χ0v) is 16.1. The van der Waals surface area contributed by atoms with Crippen molar-refractivity contribution in [3.05, 3.63) is 51.5 Å². The number of nitrogens with two attached hydrogens (primary N) is 1. The standard InChI is InChI=1S/C12H12N2O2S.C5H8N2S/c1-8-9(2)17-11(13-8)14-12(15)16-10-6-4-3-5-7-10;1-3-4(2)8-5(6)7-3/h3-7H,1-2H3,(H,13,14,15);1-2H3,(H2,6,7). The summed E-state index contributed by atoms with van der Waals surface area (Å²) in [6, 6.07) is 8.91. The van der Waals surface area contributed by atoms with E-state index in [0.717, 1.165) is 16.3 Å². The van der Waals surface area contributed by atoms with Crippen LogP contribution in [0, 0.1) is 27.7 Å². The van der Waals surface area contributed by atoms with Gasteiger partial charge in [-0.25, -0.2) is 14.8 Å². The molecular formula is C17H20N4O2S2. The van der Waals surface area contributed by atoms with Crippen molar-refractivity contribution in [2.75, 3.05) is 11.1 Å². The van der Waals surface area contributed by atoms with Crippen LogP contribution in [0.3, 0.4) is 0 Å². The maximum absolute atomic E-state index is 11.5. The molecule has 132 valence electrons. The third kappa shape index (κ3) is 5.84. The fourth-order valence-corrected chi connectivity index (χ4v) is 3.22. The minimum absolute atomic E-state index is 0.509. The van der Waals surface area contributed by atoms with Crippen molar-refractivity contribution in [1.82, 2.24) is 9.97 Å². The number of benzene rings is 1. The van der Waals surface area contributed by atoms with E-state index in [1.54, 1.807) is 24.3 Å². The molecule has 0 bridgehead atoms. The second-order valence-electron chi connectivity index (χ2n) is 5.18. The first-order valence-electron chi connectivity index (χ1n) is 7.52. The summed E-state index contributed by atoms with van der Waals surface area (Å²) < 4.78 is 5.08. The molecule has 0 unspecified atom stereocenters. The first-order chi connectivity index (χ1) is 11.8. The van der Waals surface area contributed by atoms with E-state index in [4.69, 9.17) is 10.5 Å². The summed E-state index contributed by atoms with van der Waals surface area (Å²) in [5.74, 6) is 0.509. The number of nitrogens with zero attached hydrogens (tertiary/aromatic N) is 2. The van der Waals surface area contributed by atoms with E-state index in [-0.39, 0.29) is 0 Å². The highest BCUT2D eigenvalue weighted by Gasteiger charge is 2.09. The molecule has 1 amide bonds. The van der Waals surface area contributed by atoms with E-state index in [0.29, 0.717) is 16.0 Å². The Morgan fingerprint density at radius 1 is 1.00 bits per heavy atom. The van der Waals surface area contributed by atoms with Crippen molar-refractivity contribution in [3.8, 4) is 5.75 Å². The predicted molar refractivity (Wildman–Crippen MR) is 104 cm³/mol. The fourth-order valence-electron chi connectivity index (χ4n) is 1.73. The second kappa shape index (κ2) is 8.59. The van der Waals surface area contributed by atoms with Gasteiger partial charge in [0.2, 0.25) is 0 Å². The minimum Gasteiger partial charge on any atom is -0.410 e. The topological polar surface area (TPSA) is 90.1 Å². The number of carbonyl (C=O) groups is 1. The second-order valence-corrected chi connectivity index (χ2v) is 7.62. The molecule has 0 saturated carbocycles. The van der Waals surface area contributed by atoms with Gasteiger partial charge in [-0.3, -0.25) is 5.32 Å². The zero-order valence-electron chi connectivity index (χ0n) is 14.5. The molecule has 8 heteroatoms. The molecule has 0 aliphatic rings. The molecule has 6 nitrogen and oxygen atoms in total. The number of anilines is 2. The molecule has 0 fully saturated rings. The summed E-state index contributed by atoms with van der Waals surface area (Å²) in [6.45, 7) is 7.84. The molecule has 0 radical (unpaired) electrons. The smallest absolute Gasteiger partial charge is 0.410 e. The fraction of sp³-hybridized carbons (Fsp3) is 0.235. The average Bonchev–Trinajstić information content (AvgIpc) is 3.01. The van der Waals surface area contributed by atoms with E-state index in [1.165, 1.54) is 27.6 Å². The lowest BCUT2D eigenvalue weighted by atomic mass is 10.3. The number of ether oxygens (including phenoxy) is 1. The molecule has 3 aromatic rings. The number of hydrogen-bond acceptors (Lipinski definition) is 7. The van der Waals surface area contributed by atoms with Crippen LogP contribution >= 0.6 is 22.7 Å². The number of amides is 1. The number of carbonyl (C=O) groups excluding carboxylic acids is 1. The lowest BCUT2D eigenvalue weighted by Gasteiger charge is -2.03.